The standard InChI is InChI=1S/C16H19FN2O3/c1-10-4-5-12(7-13(10)17)18-15(22)19-8-11-3-2-6-16(11,9-19)14(20)21/h4-5,7,11H,2-3,6,8-9H2,1H3,(H,18,22)(H,20,21)/t11-,16+/m0/s1. The van der Waals surface area contributed by atoms with Crippen LogP contribution in [0.5, 0.6) is 0 Å². The number of fused-ring (bicyclic) bond motifs is 1. The number of anilines is 1. The molecule has 0 spiro atoms. The van der Waals surface area contributed by atoms with Crippen molar-refractivity contribution in [1.29, 1.82) is 0 Å². The summed E-state index contributed by atoms with van der Waals surface area (Å²) in [6.45, 7) is 2.33. The number of hydrogen-bond acceptors (Lipinski definition) is 2. The monoisotopic (exact) mass is 306 g/mol. The minimum absolute atomic E-state index is 0.0190. The van der Waals surface area contributed by atoms with E-state index in [1.807, 2.05) is 0 Å². The fourth-order valence-corrected chi connectivity index (χ4v) is 3.67. The van der Waals surface area contributed by atoms with Crippen LogP contribution >= 0.6 is 0 Å². The van der Waals surface area contributed by atoms with Gasteiger partial charge in [-0.3, -0.25) is 4.79 Å². The van der Waals surface area contributed by atoms with E-state index in [0.29, 0.717) is 24.2 Å². The highest BCUT2D eigenvalue weighted by Gasteiger charge is 2.55. The first-order valence-electron chi connectivity index (χ1n) is 7.48. The van der Waals surface area contributed by atoms with Gasteiger partial charge in [-0.1, -0.05) is 12.5 Å². The van der Waals surface area contributed by atoms with Crippen LogP contribution in [-0.4, -0.2) is 35.1 Å². The summed E-state index contributed by atoms with van der Waals surface area (Å²) in [6, 6.07) is 4.15. The molecule has 1 aliphatic heterocycles. The molecule has 0 bridgehead atoms. The van der Waals surface area contributed by atoms with E-state index in [0.717, 1.165) is 12.8 Å². The fraction of sp³-hybridized carbons (Fsp3) is 0.500. The molecule has 1 heterocycles. The highest BCUT2D eigenvalue weighted by molar-refractivity contribution is 5.90. The number of urea groups is 1. The highest BCUT2D eigenvalue weighted by atomic mass is 19.1. The Morgan fingerprint density at radius 3 is 2.86 bits per heavy atom. The van der Waals surface area contributed by atoms with Gasteiger partial charge < -0.3 is 15.3 Å². The molecular weight excluding hydrogens is 287 g/mol. The van der Waals surface area contributed by atoms with E-state index >= 15 is 0 Å². The molecule has 6 heteroatoms. The minimum Gasteiger partial charge on any atom is -0.481 e. The molecule has 2 atom stereocenters. The zero-order chi connectivity index (χ0) is 15.9. The number of amides is 2. The van der Waals surface area contributed by atoms with Gasteiger partial charge in [-0.25, -0.2) is 9.18 Å². The molecular formula is C16H19FN2O3. The van der Waals surface area contributed by atoms with Crippen LogP contribution in [0.1, 0.15) is 24.8 Å². The summed E-state index contributed by atoms with van der Waals surface area (Å²) in [4.78, 5) is 25.4. The summed E-state index contributed by atoms with van der Waals surface area (Å²) in [6.07, 6.45) is 2.36. The summed E-state index contributed by atoms with van der Waals surface area (Å²) in [5, 5.41) is 12.2. The van der Waals surface area contributed by atoms with Crippen molar-refractivity contribution < 1.29 is 19.1 Å². The Kier molecular flexibility index (Phi) is 3.54. The maximum absolute atomic E-state index is 13.5. The lowest BCUT2D eigenvalue weighted by Crippen LogP contribution is -2.38. The van der Waals surface area contributed by atoms with E-state index in [9.17, 15) is 19.1 Å². The molecule has 1 saturated carbocycles. The Labute approximate surface area is 128 Å². The first-order chi connectivity index (χ1) is 10.4. The molecule has 118 valence electrons. The molecule has 0 unspecified atom stereocenters. The largest absolute Gasteiger partial charge is 0.481 e. The first kappa shape index (κ1) is 14.8. The number of carbonyl (C=O) groups excluding carboxylic acids is 1. The van der Waals surface area contributed by atoms with Crippen molar-refractivity contribution in [3.05, 3.63) is 29.6 Å². The Morgan fingerprint density at radius 1 is 1.45 bits per heavy atom. The number of hydrogen-bond donors (Lipinski definition) is 2. The molecule has 5 nitrogen and oxygen atoms in total. The van der Waals surface area contributed by atoms with Gasteiger partial charge in [0.05, 0.1) is 5.41 Å². The predicted octanol–water partition coefficient (Wildman–Crippen LogP) is 2.85. The van der Waals surface area contributed by atoms with E-state index in [1.165, 1.54) is 11.0 Å². The second kappa shape index (κ2) is 5.26. The lowest BCUT2D eigenvalue weighted by Gasteiger charge is -2.23. The third-order valence-electron chi connectivity index (χ3n) is 5.01. The van der Waals surface area contributed by atoms with E-state index in [2.05, 4.69) is 5.32 Å². The van der Waals surface area contributed by atoms with Gasteiger partial charge in [0, 0.05) is 18.8 Å². The van der Waals surface area contributed by atoms with Crippen molar-refractivity contribution >= 4 is 17.7 Å². The van der Waals surface area contributed by atoms with Crippen LogP contribution in [0.2, 0.25) is 0 Å². The van der Waals surface area contributed by atoms with Crippen LogP contribution in [0.3, 0.4) is 0 Å². The second-order valence-electron chi connectivity index (χ2n) is 6.33. The summed E-state index contributed by atoms with van der Waals surface area (Å²) in [5.74, 6) is -1.17. The summed E-state index contributed by atoms with van der Waals surface area (Å²) in [5.41, 5.74) is 0.101. The molecule has 2 aliphatic rings. The maximum atomic E-state index is 13.5. The Morgan fingerprint density at radius 2 is 2.23 bits per heavy atom. The van der Waals surface area contributed by atoms with Crippen molar-refractivity contribution in [2.24, 2.45) is 11.3 Å². The molecule has 0 radical (unpaired) electrons. The SMILES string of the molecule is Cc1ccc(NC(=O)N2C[C@@H]3CCC[C@@]3(C(=O)O)C2)cc1F. The van der Waals surface area contributed by atoms with Crippen LogP contribution in [0.25, 0.3) is 0 Å². The molecule has 3 rings (SSSR count). The fourth-order valence-electron chi connectivity index (χ4n) is 3.67. The third-order valence-corrected chi connectivity index (χ3v) is 5.01. The molecule has 2 amide bonds. The van der Waals surface area contributed by atoms with Gasteiger partial charge in [0.15, 0.2) is 0 Å². The summed E-state index contributed by atoms with van der Waals surface area (Å²) < 4.78 is 13.5. The number of aliphatic carboxylic acids is 1. The average molecular weight is 306 g/mol. The molecule has 2 fully saturated rings. The number of likely N-dealkylation sites (tertiary alicyclic amines) is 1. The summed E-state index contributed by atoms with van der Waals surface area (Å²) in [7, 11) is 0. The number of nitrogens with one attached hydrogen (secondary N) is 1. The van der Waals surface area contributed by atoms with Crippen molar-refractivity contribution in [2.45, 2.75) is 26.2 Å². The van der Waals surface area contributed by atoms with Crippen molar-refractivity contribution in [3.63, 3.8) is 0 Å². The quantitative estimate of drug-likeness (QED) is 0.882. The smallest absolute Gasteiger partial charge is 0.321 e. The lowest BCUT2D eigenvalue weighted by molar-refractivity contribution is -0.149. The molecule has 0 aromatic heterocycles. The molecule has 22 heavy (non-hydrogen) atoms. The van der Waals surface area contributed by atoms with Gasteiger partial charge >= 0.3 is 12.0 Å². The Bertz CT molecular complexity index is 634. The number of carboxylic acid groups (broad SMARTS) is 1. The highest BCUT2D eigenvalue weighted by Crippen LogP contribution is 2.48. The van der Waals surface area contributed by atoms with Crippen LogP contribution < -0.4 is 5.32 Å². The normalized spacial score (nSPS) is 26.8. The van der Waals surface area contributed by atoms with Gasteiger partial charge in [-0.05, 0) is 43.4 Å². The Balaban J connectivity index is 1.71. The number of aryl methyl sites for hydroxylation is 1. The number of rotatable bonds is 2. The number of nitrogens with zero attached hydrogens (tertiary/aromatic N) is 1. The zero-order valence-electron chi connectivity index (χ0n) is 12.4. The van der Waals surface area contributed by atoms with Gasteiger partial charge in [-0.2, -0.15) is 0 Å². The van der Waals surface area contributed by atoms with Gasteiger partial charge in [0.25, 0.3) is 0 Å². The average Bonchev–Trinajstić information content (AvgIpc) is 3.00. The molecule has 1 aromatic carbocycles. The van der Waals surface area contributed by atoms with Gasteiger partial charge in [-0.15, -0.1) is 0 Å². The second-order valence-corrected chi connectivity index (χ2v) is 6.33. The van der Waals surface area contributed by atoms with Crippen molar-refractivity contribution in [1.82, 2.24) is 4.90 Å². The third kappa shape index (κ3) is 2.32. The van der Waals surface area contributed by atoms with Crippen LogP contribution in [0, 0.1) is 24.1 Å². The van der Waals surface area contributed by atoms with Crippen molar-refractivity contribution in [2.75, 3.05) is 18.4 Å². The van der Waals surface area contributed by atoms with Crippen LogP contribution in [-0.2, 0) is 4.79 Å². The topological polar surface area (TPSA) is 69.6 Å². The van der Waals surface area contributed by atoms with E-state index < -0.39 is 11.4 Å². The van der Waals surface area contributed by atoms with E-state index in [1.54, 1.807) is 19.1 Å². The van der Waals surface area contributed by atoms with Gasteiger partial charge in [0.2, 0.25) is 0 Å². The van der Waals surface area contributed by atoms with Crippen LogP contribution in [0.4, 0.5) is 14.9 Å². The number of carbonyl (C=O) groups is 2. The van der Waals surface area contributed by atoms with Crippen LogP contribution in [0.15, 0.2) is 18.2 Å². The number of benzene rings is 1. The van der Waals surface area contributed by atoms with E-state index in [4.69, 9.17) is 0 Å². The minimum atomic E-state index is -0.813. The zero-order valence-corrected chi connectivity index (χ0v) is 12.4. The molecule has 1 aliphatic carbocycles. The molecule has 1 saturated heterocycles. The predicted molar refractivity (Wildman–Crippen MR) is 79.1 cm³/mol. The lowest BCUT2D eigenvalue weighted by atomic mass is 9.81. The Hall–Kier alpha value is -2.11. The maximum Gasteiger partial charge on any atom is 0.321 e. The first-order valence-corrected chi connectivity index (χ1v) is 7.48. The molecule has 2 N–H and O–H groups in total. The molecule has 1 aromatic rings. The number of carboxylic acids is 1. The number of halogens is 1. The van der Waals surface area contributed by atoms with E-state index in [-0.39, 0.29) is 24.3 Å². The van der Waals surface area contributed by atoms with Gasteiger partial charge in [0.1, 0.15) is 5.82 Å². The summed E-state index contributed by atoms with van der Waals surface area (Å²) >= 11 is 0. The van der Waals surface area contributed by atoms with Crippen molar-refractivity contribution in [3.8, 4) is 0 Å².